The van der Waals surface area contributed by atoms with E-state index in [-0.39, 0.29) is 11.2 Å². The molecule has 1 saturated heterocycles. The first kappa shape index (κ1) is 20.7. The fourth-order valence-electron chi connectivity index (χ4n) is 6.53. The summed E-state index contributed by atoms with van der Waals surface area (Å²) in [7, 11) is 0. The molecule has 4 aliphatic carbocycles. The van der Waals surface area contributed by atoms with Crippen molar-refractivity contribution >= 4 is 11.7 Å². The molecule has 6 rings (SSSR count). The van der Waals surface area contributed by atoms with Crippen molar-refractivity contribution in [2.45, 2.75) is 68.6 Å². The number of amides is 2. The van der Waals surface area contributed by atoms with Crippen LogP contribution in [0.25, 0.3) is 0 Å². The maximum Gasteiger partial charge on any atom is 0.330 e. The molecule has 11 nitrogen and oxygen atoms in total. The van der Waals surface area contributed by atoms with Crippen molar-refractivity contribution in [2.75, 3.05) is 11.9 Å². The Bertz CT molecular complexity index is 953. The number of carbonyl (C=O) groups is 1. The molecule has 1 aliphatic heterocycles. The number of H-pyrrole nitrogens is 1. The van der Waals surface area contributed by atoms with Gasteiger partial charge in [-0.25, -0.2) is 9.59 Å². The Labute approximate surface area is 177 Å². The zero-order valence-electron chi connectivity index (χ0n) is 17.0. The Morgan fingerprint density at radius 1 is 1.13 bits per heavy atom. The Kier molecular flexibility index (Phi) is 4.96. The minimum Gasteiger partial charge on any atom is -0.394 e. The van der Waals surface area contributed by atoms with Crippen LogP contribution in [-0.4, -0.2) is 61.4 Å². The van der Waals surface area contributed by atoms with Gasteiger partial charge in [0.05, 0.1) is 6.61 Å². The van der Waals surface area contributed by atoms with Crippen LogP contribution >= 0.6 is 0 Å². The standard InChI is InChI=1S/C20H28N4O7/c25-8-13-14(26)15(27)17(31-13)24-7-12(16(28)22-19(24)30)21-18(29)23-20-4-9-1-10(5-20)3-11(2-9)6-20/h7,9-11,13-15,17,25-27H,1-6,8H2,(H2,21,23,29)(H,22,28,30)/t9?,10?,11?,13-,14+,15-,17+,20?/m0/s1. The highest BCUT2D eigenvalue weighted by Gasteiger charge is 2.51. The summed E-state index contributed by atoms with van der Waals surface area (Å²) in [6, 6.07) is -0.515. The van der Waals surface area contributed by atoms with Crippen molar-refractivity contribution in [3.8, 4) is 0 Å². The average Bonchev–Trinajstić information content (AvgIpc) is 2.97. The second kappa shape index (κ2) is 7.44. The summed E-state index contributed by atoms with van der Waals surface area (Å²) >= 11 is 0. The molecular formula is C20H28N4O7. The number of hydrogen-bond acceptors (Lipinski definition) is 7. The highest BCUT2D eigenvalue weighted by molar-refractivity contribution is 5.89. The molecule has 6 N–H and O–H groups in total. The van der Waals surface area contributed by atoms with E-state index in [4.69, 9.17) is 4.74 Å². The number of nitrogens with zero attached hydrogens (tertiary/aromatic N) is 1. The zero-order chi connectivity index (χ0) is 21.9. The van der Waals surface area contributed by atoms with E-state index in [9.17, 15) is 29.7 Å². The summed E-state index contributed by atoms with van der Waals surface area (Å²) in [6.45, 7) is -0.550. The number of aromatic amines is 1. The van der Waals surface area contributed by atoms with Crippen molar-refractivity contribution in [2.24, 2.45) is 17.8 Å². The molecule has 2 heterocycles. The third-order valence-corrected chi connectivity index (χ3v) is 7.42. The second-order valence-corrected chi connectivity index (χ2v) is 9.72. The van der Waals surface area contributed by atoms with Crippen LogP contribution in [0.5, 0.6) is 0 Å². The van der Waals surface area contributed by atoms with Gasteiger partial charge in [0.25, 0.3) is 5.56 Å². The van der Waals surface area contributed by atoms with E-state index in [1.54, 1.807) is 0 Å². The van der Waals surface area contributed by atoms with Crippen molar-refractivity contribution in [3.05, 3.63) is 27.0 Å². The van der Waals surface area contributed by atoms with Crippen LogP contribution in [0, 0.1) is 17.8 Å². The van der Waals surface area contributed by atoms with Gasteiger partial charge in [-0.2, -0.15) is 0 Å². The molecule has 4 atom stereocenters. The molecule has 5 fully saturated rings. The van der Waals surface area contributed by atoms with Crippen LogP contribution in [0.4, 0.5) is 10.5 Å². The lowest BCUT2D eigenvalue weighted by molar-refractivity contribution is -0.0549. The van der Waals surface area contributed by atoms with Crippen LogP contribution in [0.2, 0.25) is 0 Å². The Morgan fingerprint density at radius 3 is 2.29 bits per heavy atom. The smallest absolute Gasteiger partial charge is 0.330 e. The van der Waals surface area contributed by atoms with E-state index in [2.05, 4.69) is 15.6 Å². The van der Waals surface area contributed by atoms with E-state index in [1.165, 1.54) is 19.3 Å². The molecule has 5 aliphatic rings. The van der Waals surface area contributed by atoms with Gasteiger partial charge in [-0.15, -0.1) is 0 Å². The summed E-state index contributed by atoms with van der Waals surface area (Å²) < 4.78 is 6.25. The van der Waals surface area contributed by atoms with Gasteiger partial charge >= 0.3 is 11.7 Å². The second-order valence-electron chi connectivity index (χ2n) is 9.72. The van der Waals surface area contributed by atoms with E-state index in [0.29, 0.717) is 17.8 Å². The van der Waals surface area contributed by atoms with Crippen molar-refractivity contribution in [1.29, 1.82) is 0 Å². The largest absolute Gasteiger partial charge is 0.394 e. The summed E-state index contributed by atoms with van der Waals surface area (Å²) in [5.74, 6) is 1.93. The molecule has 0 radical (unpaired) electrons. The van der Waals surface area contributed by atoms with Crippen molar-refractivity contribution in [1.82, 2.24) is 14.9 Å². The van der Waals surface area contributed by atoms with Crippen LogP contribution in [0.3, 0.4) is 0 Å². The molecule has 1 aromatic rings. The Hall–Kier alpha value is -2.21. The number of aliphatic hydroxyl groups excluding tert-OH is 3. The average molecular weight is 436 g/mol. The van der Waals surface area contributed by atoms with Gasteiger partial charge in [-0.3, -0.25) is 14.3 Å². The Morgan fingerprint density at radius 2 is 1.74 bits per heavy atom. The number of ether oxygens (including phenoxy) is 1. The predicted octanol–water partition coefficient (Wildman–Crippen LogP) is -0.762. The number of anilines is 1. The lowest BCUT2D eigenvalue weighted by Gasteiger charge is -2.56. The van der Waals surface area contributed by atoms with Crippen LogP contribution in [0.1, 0.15) is 44.8 Å². The van der Waals surface area contributed by atoms with Gasteiger partial charge in [-0.05, 0) is 56.3 Å². The fourth-order valence-corrected chi connectivity index (χ4v) is 6.53. The molecule has 2 amide bonds. The molecule has 1 aromatic heterocycles. The van der Waals surface area contributed by atoms with E-state index in [0.717, 1.165) is 30.0 Å². The van der Waals surface area contributed by atoms with E-state index >= 15 is 0 Å². The normalized spacial score (nSPS) is 40.8. The fraction of sp³-hybridized carbons (Fsp3) is 0.750. The van der Waals surface area contributed by atoms with Gasteiger partial charge in [0.2, 0.25) is 0 Å². The minimum absolute atomic E-state index is 0.181. The predicted molar refractivity (Wildman–Crippen MR) is 107 cm³/mol. The van der Waals surface area contributed by atoms with Gasteiger partial charge in [0, 0.05) is 11.7 Å². The third-order valence-electron chi connectivity index (χ3n) is 7.42. The molecule has 170 valence electrons. The molecule has 11 heteroatoms. The number of hydrogen-bond donors (Lipinski definition) is 6. The van der Waals surface area contributed by atoms with Gasteiger partial charge in [0.1, 0.15) is 24.0 Å². The molecule has 4 saturated carbocycles. The number of aromatic nitrogens is 2. The van der Waals surface area contributed by atoms with Gasteiger partial charge in [-0.1, -0.05) is 0 Å². The first-order chi connectivity index (χ1) is 14.8. The molecular weight excluding hydrogens is 408 g/mol. The van der Waals surface area contributed by atoms with E-state index in [1.807, 2.05) is 0 Å². The molecule has 0 spiro atoms. The summed E-state index contributed by atoms with van der Waals surface area (Å²) in [4.78, 5) is 39.4. The number of carbonyl (C=O) groups excluding carboxylic acids is 1. The lowest BCUT2D eigenvalue weighted by Crippen LogP contribution is -2.60. The highest BCUT2D eigenvalue weighted by Crippen LogP contribution is 2.55. The number of nitrogens with one attached hydrogen (secondary N) is 3. The SMILES string of the molecule is O=C(Nc1cn([C@@H]2O[C@@H](CO)[C@@H](O)[C@@H]2O)c(=O)[nH]c1=O)NC12CC3CC(CC(C3)C1)C2. The van der Waals surface area contributed by atoms with E-state index < -0.39 is 48.4 Å². The maximum atomic E-state index is 12.8. The Balaban J connectivity index is 1.34. The van der Waals surface area contributed by atoms with Crippen molar-refractivity contribution < 1.29 is 24.9 Å². The quantitative estimate of drug-likeness (QED) is 0.361. The molecule has 0 unspecified atom stereocenters. The molecule has 31 heavy (non-hydrogen) atoms. The number of urea groups is 1. The van der Waals surface area contributed by atoms with Crippen LogP contribution < -0.4 is 21.9 Å². The minimum atomic E-state index is -1.49. The molecule has 4 bridgehead atoms. The summed E-state index contributed by atoms with van der Waals surface area (Å²) in [5, 5.41) is 35.0. The topological polar surface area (TPSA) is 166 Å². The highest BCUT2D eigenvalue weighted by atomic mass is 16.6. The molecule has 0 aromatic carbocycles. The van der Waals surface area contributed by atoms with Crippen molar-refractivity contribution in [3.63, 3.8) is 0 Å². The first-order valence-electron chi connectivity index (χ1n) is 10.8. The van der Waals surface area contributed by atoms with Gasteiger partial charge in [0.15, 0.2) is 6.23 Å². The summed E-state index contributed by atoms with van der Waals surface area (Å²) in [6.07, 6.45) is 2.35. The summed E-state index contributed by atoms with van der Waals surface area (Å²) in [5.41, 5.74) is -2.08. The van der Waals surface area contributed by atoms with Crippen LogP contribution in [-0.2, 0) is 4.74 Å². The third kappa shape index (κ3) is 3.59. The first-order valence-corrected chi connectivity index (χ1v) is 10.8. The van der Waals surface area contributed by atoms with Crippen LogP contribution in [0.15, 0.2) is 15.8 Å². The number of aliphatic hydroxyl groups is 3. The lowest BCUT2D eigenvalue weighted by atomic mass is 9.53. The maximum absolute atomic E-state index is 12.8. The van der Waals surface area contributed by atoms with Gasteiger partial charge < -0.3 is 30.7 Å². The zero-order valence-corrected chi connectivity index (χ0v) is 17.0. The monoisotopic (exact) mass is 436 g/mol. The number of rotatable bonds is 4.